The van der Waals surface area contributed by atoms with E-state index in [0.717, 1.165) is 22.9 Å². The van der Waals surface area contributed by atoms with Crippen molar-refractivity contribution in [2.45, 2.75) is 114 Å². The Balaban J connectivity index is 1.62. The third kappa shape index (κ3) is 17.3. The Morgan fingerprint density at radius 1 is 0.627 bits per heavy atom. The normalized spacial score (nSPS) is 13.6. The fraction of sp³-hybridized carbons (Fsp3) is 0.422. The van der Waals surface area contributed by atoms with E-state index >= 15 is 0 Å². The zero-order chi connectivity index (χ0) is 48.9. The lowest BCUT2D eigenvalue weighted by Crippen LogP contribution is -2.60. The lowest BCUT2D eigenvalue weighted by molar-refractivity contribution is -0.135. The minimum absolute atomic E-state index is 0.00290. The molecule has 2 heterocycles. The van der Waals surface area contributed by atoms with Crippen LogP contribution < -0.4 is 54.8 Å². The largest absolute Gasteiger partial charge is 0.370 e. The van der Waals surface area contributed by atoms with Gasteiger partial charge >= 0.3 is 0 Å². The first kappa shape index (κ1) is 51.9. The molecular formula is C45H62N14O8. The van der Waals surface area contributed by atoms with Gasteiger partial charge in [0, 0.05) is 68.1 Å². The first-order chi connectivity index (χ1) is 32.0. The number of H-pyrrole nitrogens is 2. The Morgan fingerprint density at radius 2 is 1.18 bits per heavy atom. The summed E-state index contributed by atoms with van der Waals surface area (Å²) in [5.74, 6) is -6.11. The molecule has 22 nitrogen and oxygen atoms in total. The number of nitrogens with one attached hydrogen (secondary N) is 8. The number of benzene rings is 2. The summed E-state index contributed by atoms with van der Waals surface area (Å²) in [5, 5.41) is 16.8. The first-order valence-corrected chi connectivity index (χ1v) is 22.0. The molecule has 0 aliphatic heterocycles. The predicted molar refractivity (Wildman–Crippen MR) is 249 cm³/mol. The van der Waals surface area contributed by atoms with Crippen LogP contribution in [0.2, 0.25) is 0 Å². The Kier molecular flexibility index (Phi) is 20.3. The molecule has 0 saturated carbocycles. The summed E-state index contributed by atoms with van der Waals surface area (Å²) in [6.45, 7) is 3.26. The first-order valence-electron chi connectivity index (χ1n) is 22.0. The molecular weight excluding hydrogens is 865 g/mol. The Bertz CT molecular complexity index is 2330. The molecule has 0 radical (unpaired) electrons. The quantitative estimate of drug-likeness (QED) is 0.0183. The van der Waals surface area contributed by atoms with E-state index in [9.17, 15) is 38.4 Å². The Morgan fingerprint density at radius 3 is 1.76 bits per heavy atom. The van der Waals surface area contributed by atoms with Crippen molar-refractivity contribution < 1.29 is 38.4 Å². The third-order valence-electron chi connectivity index (χ3n) is 10.7. The van der Waals surface area contributed by atoms with Gasteiger partial charge in [-0.25, -0.2) is 4.98 Å². The number of carbonyl (C=O) groups is 8. The summed E-state index contributed by atoms with van der Waals surface area (Å²) in [7, 11) is 0. The maximum atomic E-state index is 14.4. The second kappa shape index (κ2) is 26.2. The molecule has 2 aromatic carbocycles. The highest BCUT2D eigenvalue weighted by Gasteiger charge is 2.34. The number of hydrogen-bond donors (Lipinski definition) is 12. The standard InChI is InChI=1S/C45H62N14O8/c1-3-4-14-32(54-26(2)60)40(63)56-34(17-18-38(46)61)42(65)59-37(22-29-24-50-25-53-29)44(67)58-36(20-27-11-6-5-7-12-27)43(66)55-33(16-10-19-51-45(48)49)41(64)57-35(39(47)62)21-28-23-52-31-15-9-8-13-30(28)31/h5-9,11-13,15,23-25,32-37,52H,3-4,10,14,16-22H2,1-2H3,(H2,46,61)(H2,47,62)(H,50,53)(H,54,60)(H,55,66)(H,56,63)(H,57,64)(H,58,67)(H,59,65)(H4,48,49,51)/t32-,33-,34-,35+,36+,37-/m0/s1. The van der Waals surface area contributed by atoms with Crippen molar-refractivity contribution in [2.75, 3.05) is 6.54 Å². The summed E-state index contributed by atoms with van der Waals surface area (Å²) in [4.78, 5) is 121. The average molecular weight is 927 g/mol. The van der Waals surface area contributed by atoms with Crippen molar-refractivity contribution in [3.05, 3.63) is 90.1 Å². The molecule has 67 heavy (non-hydrogen) atoms. The van der Waals surface area contributed by atoms with E-state index in [2.05, 4.69) is 51.8 Å². The van der Waals surface area contributed by atoms with Crippen LogP contribution in [0.25, 0.3) is 10.9 Å². The minimum atomic E-state index is -1.40. The van der Waals surface area contributed by atoms with Crippen LogP contribution >= 0.6 is 0 Å². The number of aromatic amines is 2. The zero-order valence-corrected chi connectivity index (χ0v) is 37.6. The van der Waals surface area contributed by atoms with Crippen LogP contribution in [0, 0.1) is 0 Å². The van der Waals surface area contributed by atoms with Gasteiger partial charge in [0.25, 0.3) is 0 Å². The number of aliphatic imine (C=N–C) groups is 1. The number of amides is 8. The molecule has 8 amide bonds. The molecule has 0 aliphatic carbocycles. The van der Waals surface area contributed by atoms with Gasteiger partial charge in [-0.3, -0.25) is 43.3 Å². The molecule has 16 N–H and O–H groups in total. The van der Waals surface area contributed by atoms with Gasteiger partial charge in [-0.1, -0.05) is 68.3 Å². The highest BCUT2D eigenvalue weighted by atomic mass is 16.2. The van der Waals surface area contributed by atoms with Crippen molar-refractivity contribution in [2.24, 2.45) is 27.9 Å². The van der Waals surface area contributed by atoms with E-state index < -0.39 is 83.5 Å². The molecule has 2 aromatic heterocycles. The number of primary amides is 2. The van der Waals surface area contributed by atoms with Crippen LogP contribution in [0.4, 0.5) is 0 Å². The fourth-order valence-electron chi connectivity index (χ4n) is 7.24. The number of guanidine groups is 1. The number of carbonyl (C=O) groups excluding carboxylic acids is 8. The number of nitrogens with zero attached hydrogens (tertiary/aromatic N) is 2. The van der Waals surface area contributed by atoms with Crippen LogP contribution in [0.1, 0.15) is 75.6 Å². The maximum Gasteiger partial charge on any atom is 0.243 e. The molecule has 0 aliphatic rings. The fourth-order valence-corrected chi connectivity index (χ4v) is 7.24. The van der Waals surface area contributed by atoms with Crippen LogP contribution in [0.5, 0.6) is 0 Å². The molecule has 0 unspecified atom stereocenters. The second-order valence-corrected chi connectivity index (χ2v) is 16.1. The van der Waals surface area contributed by atoms with Gasteiger partial charge in [-0.2, -0.15) is 0 Å². The molecule has 0 spiro atoms. The van der Waals surface area contributed by atoms with Crippen molar-refractivity contribution in [3.63, 3.8) is 0 Å². The van der Waals surface area contributed by atoms with E-state index in [1.165, 1.54) is 19.4 Å². The third-order valence-corrected chi connectivity index (χ3v) is 10.7. The maximum absolute atomic E-state index is 14.4. The van der Waals surface area contributed by atoms with Gasteiger partial charge in [0.2, 0.25) is 47.3 Å². The summed E-state index contributed by atoms with van der Waals surface area (Å²) >= 11 is 0. The number of rotatable bonds is 28. The summed E-state index contributed by atoms with van der Waals surface area (Å²) in [6.07, 6.45) is 5.56. The molecule has 0 fully saturated rings. The second-order valence-electron chi connectivity index (χ2n) is 16.1. The lowest BCUT2D eigenvalue weighted by Gasteiger charge is -2.27. The van der Waals surface area contributed by atoms with Crippen LogP contribution in [0.15, 0.2) is 78.3 Å². The summed E-state index contributed by atoms with van der Waals surface area (Å²) in [5.41, 5.74) is 24.8. The smallest absolute Gasteiger partial charge is 0.243 e. The van der Waals surface area contributed by atoms with Crippen molar-refractivity contribution in [1.29, 1.82) is 0 Å². The van der Waals surface area contributed by atoms with Gasteiger partial charge in [-0.15, -0.1) is 0 Å². The van der Waals surface area contributed by atoms with Gasteiger partial charge < -0.3 is 64.8 Å². The van der Waals surface area contributed by atoms with Crippen molar-refractivity contribution in [3.8, 4) is 0 Å². The summed E-state index contributed by atoms with van der Waals surface area (Å²) in [6, 6.07) is 8.54. The minimum Gasteiger partial charge on any atom is -0.370 e. The molecule has 22 heteroatoms. The van der Waals surface area contributed by atoms with E-state index in [4.69, 9.17) is 22.9 Å². The van der Waals surface area contributed by atoms with E-state index in [1.54, 1.807) is 36.5 Å². The highest BCUT2D eigenvalue weighted by molar-refractivity contribution is 5.97. The molecule has 0 bridgehead atoms. The predicted octanol–water partition coefficient (Wildman–Crippen LogP) is -1.16. The number of unbranched alkanes of at least 4 members (excludes halogenated alkanes) is 1. The van der Waals surface area contributed by atoms with E-state index in [-0.39, 0.29) is 63.9 Å². The number of imidazole rings is 1. The van der Waals surface area contributed by atoms with Gasteiger partial charge in [0.15, 0.2) is 5.96 Å². The van der Waals surface area contributed by atoms with Crippen molar-refractivity contribution in [1.82, 2.24) is 46.9 Å². The van der Waals surface area contributed by atoms with Crippen molar-refractivity contribution >= 4 is 64.1 Å². The Hall–Kier alpha value is -7.78. The highest BCUT2D eigenvalue weighted by Crippen LogP contribution is 2.19. The number of hydrogen-bond acceptors (Lipinski definition) is 10. The number of aromatic nitrogens is 3. The molecule has 0 saturated heterocycles. The number of fused-ring (bicyclic) bond motifs is 1. The SMILES string of the molecule is CCCC[C@H](NC(C)=O)C(=O)N[C@@H](CCC(N)=O)C(=O)N[C@@H](Cc1cnc[nH]1)C(=O)N[C@H](Cc1ccccc1)C(=O)N[C@@H](CCCN=C(N)N)C(=O)N[C@H](Cc1c[nH]c2ccccc12)C(N)=O. The zero-order valence-electron chi connectivity index (χ0n) is 37.6. The summed E-state index contributed by atoms with van der Waals surface area (Å²) < 4.78 is 0. The van der Waals surface area contributed by atoms with Gasteiger partial charge in [0.1, 0.15) is 36.3 Å². The average Bonchev–Trinajstić information content (AvgIpc) is 3.96. The van der Waals surface area contributed by atoms with Gasteiger partial charge in [-0.05, 0) is 42.9 Å². The van der Waals surface area contributed by atoms with Crippen LogP contribution in [0.3, 0.4) is 0 Å². The molecule has 4 aromatic rings. The lowest BCUT2D eigenvalue weighted by atomic mass is 10.0. The van der Waals surface area contributed by atoms with Crippen LogP contribution in [-0.4, -0.2) is 111 Å². The molecule has 4 rings (SSSR count). The number of para-hydroxylation sites is 1. The van der Waals surface area contributed by atoms with E-state index in [1.807, 2.05) is 31.2 Å². The monoisotopic (exact) mass is 926 g/mol. The molecule has 360 valence electrons. The van der Waals surface area contributed by atoms with E-state index in [0.29, 0.717) is 17.7 Å². The van der Waals surface area contributed by atoms with Gasteiger partial charge in [0.05, 0.1) is 6.33 Å². The topological polar surface area (TPSA) is 370 Å². The van der Waals surface area contributed by atoms with Crippen LogP contribution in [-0.2, 0) is 57.6 Å². The molecule has 6 atom stereocenters. The number of nitrogens with two attached hydrogens (primary N) is 4. The Labute approximate surface area is 387 Å².